The average molecular weight is 547 g/mol. The summed E-state index contributed by atoms with van der Waals surface area (Å²) in [5.74, 6) is 1.95. The fourth-order valence-electron chi connectivity index (χ4n) is 5.39. The number of imidazole rings is 1. The number of carbonyl (C=O) groups excluding carboxylic acids is 2. The van der Waals surface area contributed by atoms with Gasteiger partial charge in [-0.25, -0.2) is 14.8 Å². The highest BCUT2D eigenvalue weighted by molar-refractivity contribution is 5.78. The first-order chi connectivity index (χ1) is 19.6. The SMILES string of the molecule is CCOc1ccc(CNC(=O)CC2CN(C(=O)NC3CCCCC3)CCN2c2ccnc(-n3ccnc3)n2)cc1. The summed E-state index contributed by atoms with van der Waals surface area (Å²) in [5.41, 5.74) is 0.992. The molecule has 1 saturated carbocycles. The fraction of sp³-hybridized carbons (Fsp3) is 0.483. The van der Waals surface area contributed by atoms with Crippen LogP contribution in [0.1, 0.15) is 51.0 Å². The molecule has 3 aromatic rings. The molecule has 2 aromatic heterocycles. The summed E-state index contributed by atoms with van der Waals surface area (Å²) in [5, 5.41) is 6.27. The molecule has 1 atom stereocenters. The maximum absolute atomic E-state index is 13.2. The van der Waals surface area contributed by atoms with Crippen molar-refractivity contribution in [2.75, 3.05) is 31.1 Å². The van der Waals surface area contributed by atoms with E-state index in [9.17, 15) is 9.59 Å². The number of nitrogens with zero attached hydrogens (tertiary/aromatic N) is 6. The molecule has 1 aliphatic heterocycles. The van der Waals surface area contributed by atoms with Gasteiger partial charge in [0.25, 0.3) is 0 Å². The van der Waals surface area contributed by atoms with Crippen molar-refractivity contribution in [3.8, 4) is 11.7 Å². The average Bonchev–Trinajstić information content (AvgIpc) is 3.53. The van der Waals surface area contributed by atoms with E-state index in [0.717, 1.165) is 42.8 Å². The maximum Gasteiger partial charge on any atom is 0.317 e. The van der Waals surface area contributed by atoms with Crippen LogP contribution in [0.5, 0.6) is 5.75 Å². The number of hydrogen-bond acceptors (Lipinski definition) is 7. The molecule has 11 nitrogen and oxygen atoms in total. The Hall–Kier alpha value is -4.15. The molecule has 0 spiro atoms. The third-order valence-corrected chi connectivity index (χ3v) is 7.51. The first-order valence-electron chi connectivity index (χ1n) is 14.2. The zero-order valence-electron chi connectivity index (χ0n) is 23.0. The quantitative estimate of drug-likeness (QED) is 0.423. The molecule has 2 N–H and O–H groups in total. The number of nitrogens with one attached hydrogen (secondary N) is 2. The third-order valence-electron chi connectivity index (χ3n) is 7.51. The van der Waals surface area contributed by atoms with Crippen LogP contribution < -0.4 is 20.3 Å². The van der Waals surface area contributed by atoms with E-state index in [2.05, 4.69) is 25.5 Å². The van der Waals surface area contributed by atoms with E-state index in [0.29, 0.717) is 38.7 Å². The van der Waals surface area contributed by atoms with Crippen molar-refractivity contribution in [1.29, 1.82) is 0 Å². The highest BCUT2D eigenvalue weighted by Crippen LogP contribution is 2.23. The fourth-order valence-corrected chi connectivity index (χ4v) is 5.39. The summed E-state index contributed by atoms with van der Waals surface area (Å²) < 4.78 is 7.25. The Bertz CT molecular complexity index is 1240. The van der Waals surface area contributed by atoms with Gasteiger partial charge in [0.05, 0.1) is 12.6 Å². The number of piperazine rings is 1. The van der Waals surface area contributed by atoms with Crippen LogP contribution in [0.15, 0.2) is 55.2 Å². The van der Waals surface area contributed by atoms with Crippen LogP contribution in [0.25, 0.3) is 5.95 Å². The van der Waals surface area contributed by atoms with Crippen molar-refractivity contribution in [2.24, 2.45) is 0 Å². The Morgan fingerprint density at radius 1 is 1.05 bits per heavy atom. The predicted molar refractivity (Wildman–Crippen MR) is 151 cm³/mol. The molecule has 0 bridgehead atoms. The number of urea groups is 1. The lowest BCUT2D eigenvalue weighted by Crippen LogP contribution is -2.59. The number of hydrogen-bond donors (Lipinski definition) is 2. The summed E-state index contributed by atoms with van der Waals surface area (Å²) >= 11 is 0. The largest absolute Gasteiger partial charge is 0.494 e. The van der Waals surface area contributed by atoms with E-state index < -0.39 is 0 Å². The Balaban J connectivity index is 1.27. The number of ether oxygens (including phenoxy) is 1. The van der Waals surface area contributed by atoms with Gasteiger partial charge in [-0.1, -0.05) is 31.4 Å². The number of benzene rings is 1. The molecule has 11 heteroatoms. The molecule has 0 radical (unpaired) electrons. The number of carbonyl (C=O) groups is 2. The number of aromatic nitrogens is 4. The van der Waals surface area contributed by atoms with Gasteiger partial charge in [0, 0.05) is 57.2 Å². The predicted octanol–water partition coefficient (Wildman–Crippen LogP) is 3.30. The van der Waals surface area contributed by atoms with Crippen molar-refractivity contribution in [3.63, 3.8) is 0 Å². The van der Waals surface area contributed by atoms with E-state index in [1.807, 2.05) is 42.2 Å². The smallest absolute Gasteiger partial charge is 0.317 e. The van der Waals surface area contributed by atoms with Crippen LogP contribution in [0, 0.1) is 0 Å². The van der Waals surface area contributed by atoms with Crippen molar-refractivity contribution in [1.82, 2.24) is 35.1 Å². The minimum absolute atomic E-state index is 0.0480. The minimum Gasteiger partial charge on any atom is -0.494 e. The van der Waals surface area contributed by atoms with E-state index in [1.165, 1.54) is 6.42 Å². The Kier molecular flexibility index (Phi) is 9.10. The molecule has 1 aromatic carbocycles. The molecule has 1 saturated heterocycles. The molecule has 212 valence electrons. The molecule has 1 unspecified atom stereocenters. The van der Waals surface area contributed by atoms with Crippen molar-refractivity contribution in [3.05, 3.63) is 60.8 Å². The highest BCUT2D eigenvalue weighted by atomic mass is 16.5. The number of rotatable bonds is 9. The van der Waals surface area contributed by atoms with Crippen molar-refractivity contribution in [2.45, 2.75) is 64.1 Å². The normalized spacial score (nSPS) is 17.9. The third kappa shape index (κ3) is 7.08. The van der Waals surface area contributed by atoms with E-state index >= 15 is 0 Å². The molecule has 1 aliphatic carbocycles. The highest BCUT2D eigenvalue weighted by Gasteiger charge is 2.33. The van der Waals surface area contributed by atoms with Crippen molar-refractivity contribution >= 4 is 17.8 Å². The molecule has 2 fully saturated rings. The second-order valence-corrected chi connectivity index (χ2v) is 10.3. The van der Waals surface area contributed by atoms with Gasteiger partial charge in [-0.3, -0.25) is 9.36 Å². The summed E-state index contributed by atoms with van der Waals surface area (Å²) in [4.78, 5) is 43.5. The Morgan fingerprint density at radius 3 is 2.62 bits per heavy atom. The molecule has 3 amide bonds. The second kappa shape index (κ2) is 13.3. The van der Waals surface area contributed by atoms with Gasteiger partial charge >= 0.3 is 6.03 Å². The standard InChI is InChI=1S/C29H38N8O3/c1-2-40-25-10-8-22(9-11-25)19-32-27(38)18-24-20-35(29(39)33-23-6-4-3-5-7-23)16-17-37(24)26-12-13-31-28(34-26)36-15-14-30-21-36/h8-15,21,23-24H,2-7,16-20H2,1H3,(H,32,38)(H,33,39). The van der Waals surface area contributed by atoms with E-state index in [-0.39, 0.29) is 30.4 Å². The first-order valence-corrected chi connectivity index (χ1v) is 14.2. The van der Waals surface area contributed by atoms with Gasteiger partial charge in [0.15, 0.2) is 0 Å². The number of anilines is 1. The van der Waals surface area contributed by atoms with E-state index in [4.69, 9.17) is 9.72 Å². The number of amides is 3. The summed E-state index contributed by atoms with van der Waals surface area (Å²) in [6.07, 6.45) is 12.7. The van der Waals surface area contributed by atoms with Crippen molar-refractivity contribution < 1.29 is 14.3 Å². The van der Waals surface area contributed by atoms with Crippen LogP contribution in [0.3, 0.4) is 0 Å². The zero-order chi connectivity index (χ0) is 27.7. The lowest BCUT2D eigenvalue weighted by molar-refractivity contribution is -0.121. The van der Waals surface area contributed by atoms with Crippen LogP contribution in [-0.2, 0) is 11.3 Å². The molecule has 2 aliphatic rings. The Morgan fingerprint density at radius 2 is 1.88 bits per heavy atom. The van der Waals surface area contributed by atoms with Gasteiger partial charge in [-0.2, -0.15) is 4.98 Å². The topological polar surface area (TPSA) is 118 Å². The summed E-state index contributed by atoms with van der Waals surface area (Å²) in [6, 6.07) is 9.51. The monoisotopic (exact) mass is 546 g/mol. The van der Waals surface area contributed by atoms with Gasteiger partial charge in [0.1, 0.15) is 17.9 Å². The first kappa shape index (κ1) is 27.4. The van der Waals surface area contributed by atoms with E-state index in [1.54, 1.807) is 29.5 Å². The van der Waals surface area contributed by atoms with Gasteiger partial charge < -0.3 is 25.2 Å². The Labute approximate surface area is 235 Å². The second-order valence-electron chi connectivity index (χ2n) is 10.3. The van der Waals surface area contributed by atoms with Gasteiger partial charge in [-0.15, -0.1) is 0 Å². The lowest BCUT2D eigenvalue weighted by atomic mass is 9.96. The zero-order valence-corrected chi connectivity index (χ0v) is 23.0. The van der Waals surface area contributed by atoms with Crippen LogP contribution in [0.2, 0.25) is 0 Å². The lowest BCUT2D eigenvalue weighted by Gasteiger charge is -2.42. The molecular formula is C29H38N8O3. The van der Waals surface area contributed by atoms with Crippen LogP contribution in [-0.4, -0.2) is 74.7 Å². The molecular weight excluding hydrogens is 508 g/mol. The van der Waals surface area contributed by atoms with Gasteiger partial charge in [0.2, 0.25) is 11.9 Å². The minimum atomic E-state index is -0.239. The molecule has 40 heavy (non-hydrogen) atoms. The molecule has 3 heterocycles. The molecule has 5 rings (SSSR count). The van der Waals surface area contributed by atoms with Crippen LogP contribution >= 0.6 is 0 Å². The maximum atomic E-state index is 13.2. The summed E-state index contributed by atoms with van der Waals surface area (Å²) in [6.45, 7) is 4.52. The van der Waals surface area contributed by atoms with Gasteiger partial charge in [-0.05, 0) is 43.5 Å². The summed E-state index contributed by atoms with van der Waals surface area (Å²) in [7, 11) is 0. The van der Waals surface area contributed by atoms with Crippen LogP contribution in [0.4, 0.5) is 10.6 Å².